The number of hydrogen-bond donors (Lipinski definition) is 1. The second-order valence-corrected chi connectivity index (χ2v) is 2.30. The van der Waals surface area contributed by atoms with E-state index < -0.39 is 12.8 Å². The highest BCUT2D eigenvalue weighted by molar-refractivity contribution is 5.46. The fraction of sp³-hybridized carbons (Fsp3) is 0.286. The molecule has 0 aromatic carbocycles. The van der Waals surface area contributed by atoms with Crippen LogP contribution in [0.4, 0.5) is 18.9 Å². The van der Waals surface area contributed by atoms with Crippen LogP contribution in [-0.4, -0.2) is 17.8 Å². The van der Waals surface area contributed by atoms with Crippen molar-refractivity contribution in [2.24, 2.45) is 0 Å². The highest BCUT2D eigenvalue weighted by Gasteiger charge is 2.28. The van der Waals surface area contributed by atoms with Gasteiger partial charge in [0, 0.05) is 6.20 Å². The quantitative estimate of drug-likeness (QED) is 0.774. The number of aromatic nitrogens is 1. The van der Waals surface area contributed by atoms with Gasteiger partial charge < -0.3 is 10.5 Å². The SMILES string of the molecule is Nc1cccnc1OCC(F)(F)F. The molecule has 0 aliphatic rings. The summed E-state index contributed by atoms with van der Waals surface area (Å²) in [5.41, 5.74) is 5.38. The molecule has 0 aliphatic heterocycles. The third kappa shape index (κ3) is 3.18. The Labute approximate surface area is 72.3 Å². The monoisotopic (exact) mass is 192 g/mol. The Balaban J connectivity index is 2.60. The minimum Gasteiger partial charge on any atom is -0.467 e. The van der Waals surface area contributed by atoms with E-state index in [0.717, 1.165) is 0 Å². The zero-order valence-electron chi connectivity index (χ0n) is 6.51. The molecule has 3 nitrogen and oxygen atoms in total. The number of nitrogens with two attached hydrogens (primary N) is 1. The molecular weight excluding hydrogens is 185 g/mol. The van der Waals surface area contributed by atoms with E-state index >= 15 is 0 Å². The third-order valence-corrected chi connectivity index (χ3v) is 1.17. The summed E-state index contributed by atoms with van der Waals surface area (Å²) in [6, 6.07) is 2.93. The minimum atomic E-state index is -4.37. The smallest absolute Gasteiger partial charge is 0.422 e. The standard InChI is InChI=1S/C7H7F3N2O/c8-7(9,10)4-13-6-5(11)2-1-3-12-6/h1-3H,4,11H2. The van der Waals surface area contributed by atoms with Crippen molar-refractivity contribution in [1.82, 2.24) is 4.98 Å². The van der Waals surface area contributed by atoms with Gasteiger partial charge in [-0.2, -0.15) is 13.2 Å². The molecule has 1 aromatic heterocycles. The van der Waals surface area contributed by atoms with Crippen molar-refractivity contribution in [2.75, 3.05) is 12.3 Å². The van der Waals surface area contributed by atoms with Gasteiger partial charge in [-0.05, 0) is 12.1 Å². The number of hydrogen-bond acceptors (Lipinski definition) is 3. The normalized spacial score (nSPS) is 11.3. The maximum absolute atomic E-state index is 11.7. The Hall–Kier alpha value is -1.46. The molecule has 0 atom stereocenters. The lowest BCUT2D eigenvalue weighted by atomic mass is 10.4. The van der Waals surface area contributed by atoms with Crippen molar-refractivity contribution >= 4 is 5.69 Å². The maximum Gasteiger partial charge on any atom is 0.422 e. The second kappa shape index (κ2) is 3.51. The lowest BCUT2D eigenvalue weighted by Gasteiger charge is -2.09. The molecule has 0 aliphatic carbocycles. The first-order chi connectivity index (χ1) is 5.99. The van der Waals surface area contributed by atoms with Crippen LogP contribution in [0, 0.1) is 0 Å². The summed E-state index contributed by atoms with van der Waals surface area (Å²) in [5, 5.41) is 0. The van der Waals surface area contributed by atoms with Crippen LogP contribution in [0.5, 0.6) is 5.88 Å². The summed E-state index contributed by atoms with van der Waals surface area (Å²) in [5.74, 6) is -0.195. The fourth-order valence-electron chi connectivity index (χ4n) is 0.674. The van der Waals surface area contributed by atoms with Gasteiger partial charge in [-0.15, -0.1) is 0 Å². The van der Waals surface area contributed by atoms with Crippen LogP contribution in [-0.2, 0) is 0 Å². The van der Waals surface area contributed by atoms with E-state index in [1.807, 2.05) is 0 Å². The second-order valence-electron chi connectivity index (χ2n) is 2.30. The van der Waals surface area contributed by atoms with Gasteiger partial charge in [0.05, 0.1) is 5.69 Å². The van der Waals surface area contributed by atoms with Gasteiger partial charge >= 0.3 is 6.18 Å². The lowest BCUT2D eigenvalue weighted by Crippen LogP contribution is -2.20. The number of nitrogen functional groups attached to an aromatic ring is 1. The Morgan fingerprint density at radius 1 is 1.46 bits per heavy atom. The summed E-state index contributed by atoms with van der Waals surface area (Å²) in [4.78, 5) is 3.53. The Morgan fingerprint density at radius 3 is 2.69 bits per heavy atom. The van der Waals surface area contributed by atoms with Gasteiger partial charge in [0.25, 0.3) is 0 Å². The molecule has 0 spiro atoms. The highest BCUT2D eigenvalue weighted by Crippen LogP contribution is 2.20. The number of pyridine rings is 1. The van der Waals surface area contributed by atoms with E-state index in [0.29, 0.717) is 0 Å². The molecule has 0 saturated carbocycles. The zero-order valence-corrected chi connectivity index (χ0v) is 6.51. The summed E-state index contributed by atoms with van der Waals surface area (Å²) in [6.45, 7) is -1.38. The molecule has 1 heterocycles. The first-order valence-electron chi connectivity index (χ1n) is 3.39. The molecule has 0 amide bonds. The molecule has 2 N–H and O–H groups in total. The van der Waals surface area contributed by atoms with Crippen LogP contribution in [0.2, 0.25) is 0 Å². The number of nitrogens with zero attached hydrogens (tertiary/aromatic N) is 1. The van der Waals surface area contributed by atoms with Gasteiger partial charge in [-0.3, -0.25) is 0 Å². The zero-order chi connectivity index (χ0) is 9.90. The van der Waals surface area contributed by atoms with Gasteiger partial charge in [-0.25, -0.2) is 4.98 Å². The summed E-state index contributed by atoms with van der Waals surface area (Å²) in [7, 11) is 0. The van der Waals surface area contributed by atoms with Crippen LogP contribution in [0.25, 0.3) is 0 Å². The summed E-state index contributed by atoms with van der Waals surface area (Å²) >= 11 is 0. The lowest BCUT2D eigenvalue weighted by molar-refractivity contribution is -0.153. The molecule has 0 saturated heterocycles. The minimum absolute atomic E-state index is 0.0896. The molecule has 0 unspecified atom stereocenters. The van der Waals surface area contributed by atoms with Crippen LogP contribution in [0.3, 0.4) is 0 Å². The fourth-order valence-corrected chi connectivity index (χ4v) is 0.674. The topological polar surface area (TPSA) is 48.1 Å². The molecule has 0 bridgehead atoms. The van der Waals surface area contributed by atoms with Crippen LogP contribution < -0.4 is 10.5 Å². The molecule has 13 heavy (non-hydrogen) atoms. The highest BCUT2D eigenvalue weighted by atomic mass is 19.4. The Kier molecular flexibility index (Phi) is 2.60. The largest absolute Gasteiger partial charge is 0.467 e. The van der Waals surface area contributed by atoms with Crippen molar-refractivity contribution in [3.05, 3.63) is 18.3 Å². The number of halogens is 3. The molecule has 1 aromatic rings. The van der Waals surface area contributed by atoms with Crippen LogP contribution >= 0.6 is 0 Å². The first kappa shape index (κ1) is 9.63. The average molecular weight is 192 g/mol. The number of anilines is 1. The number of ether oxygens (including phenoxy) is 1. The molecule has 0 radical (unpaired) electrons. The number of rotatable bonds is 2. The van der Waals surface area contributed by atoms with Crippen LogP contribution in [0.1, 0.15) is 0 Å². The molecule has 1 rings (SSSR count). The molecule has 0 fully saturated rings. The van der Waals surface area contributed by atoms with Crippen LogP contribution in [0.15, 0.2) is 18.3 Å². The molecule has 6 heteroatoms. The van der Waals surface area contributed by atoms with Gasteiger partial charge in [0.15, 0.2) is 6.61 Å². The van der Waals surface area contributed by atoms with Crippen molar-refractivity contribution in [3.8, 4) is 5.88 Å². The summed E-state index contributed by atoms with van der Waals surface area (Å²) in [6.07, 6.45) is -3.06. The predicted octanol–water partition coefficient (Wildman–Crippen LogP) is 1.60. The third-order valence-electron chi connectivity index (χ3n) is 1.17. The first-order valence-corrected chi connectivity index (χ1v) is 3.39. The number of alkyl halides is 3. The van der Waals surface area contributed by atoms with Gasteiger partial charge in [-0.1, -0.05) is 0 Å². The van der Waals surface area contributed by atoms with Crippen molar-refractivity contribution in [2.45, 2.75) is 6.18 Å². The predicted molar refractivity (Wildman–Crippen MR) is 40.2 cm³/mol. The summed E-state index contributed by atoms with van der Waals surface area (Å²) < 4.78 is 39.4. The Bertz CT molecular complexity index is 287. The van der Waals surface area contributed by atoms with E-state index in [4.69, 9.17) is 5.73 Å². The van der Waals surface area contributed by atoms with E-state index in [9.17, 15) is 13.2 Å². The maximum atomic E-state index is 11.7. The van der Waals surface area contributed by atoms with E-state index in [-0.39, 0.29) is 11.6 Å². The molecular formula is C7H7F3N2O. The van der Waals surface area contributed by atoms with Crippen molar-refractivity contribution < 1.29 is 17.9 Å². The van der Waals surface area contributed by atoms with Crippen molar-refractivity contribution in [1.29, 1.82) is 0 Å². The van der Waals surface area contributed by atoms with E-state index in [1.165, 1.54) is 18.3 Å². The van der Waals surface area contributed by atoms with Gasteiger partial charge in [0.1, 0.15) is 0 Å². The molecule has 72 valence electrons. The van der Waals surface area contributed by atoms with E-state index in [2.05, 4.69) is 9.72 Å². The average Bonchev–Trinajstić information content (AvgIpc) is 2.01. The van der Waals surface area contributed by atoms with Crippen molar-refractivity contribution in [3.63, 3.8) is 0 Å². The van der Waals surface area contributed by atoms with E-state index in [1.54, 1.807) is 0 Å². The Morgan fingerprint density at radius 2 is 2.15 bits per heavy atom. The van der Waals surface area contributed by atoms with Gasteiger partial charge in [0.2, 0.25) is 5.88 Å².